The molecule has 0 spiro atoms. The van der Waals surface area contributed by atoms with Gasteiger partial charge in [-0.1, -0.05) is 5.16 Å². The molecule has 0 aliphatic carbocycles. The summed E-state index contributed by atoms with van der Waals surface area (Å²) in [4.78, 5) is 19.1. The zero-order valence-electron chi connectivity index (χ0n) is 12.4. The van der Waals surface area contributed by atoms with Gasteiger partial charge in [-0.15, -0.1) is 0 Å². The summed E-state index contributed by atoms with van der Waals surface area (Å²) < 4.78 is 7.77. The lowest BCUT2D eigenvalue weighted by Crippen LogP contribution is -2.30. The Kier molecular flexibility index (Phi) is 3.41. The summed E-state index contributed by atoms with van der Waals surface area (Å²) >= 11 is 3.35. The molecule has 0 N–H and O–H groups in total. The smallest absolute Gasteiger partial charge is 0.259 e. The third-order valence-corrected chi connectivity index (χ3v) is 4.45. The Morgan fingerprint density at radius 1 is 1.43 bits per heavy atom. The van der Waals surface area contributed by atoms with Crippen molar-refractivity contribution >= 4 is 27.5 Å². The second-order valence-electron chi connectivity index (χ2n) is 5.63. The van der Waals surface area contributed by atoms with Crippen molar-refractivity contribution in [3.05, 3.63) is 46.1 Å². The van der Waals surface area contributed by atoms with E-state index in [9.17, 15) is 4.79 Å². The normalized spacial score (nSPS) is 18.0. The molecule has 0 unspecified atom stereocenters. The van der Waals surface area contributed by atoms with E-state index in [1.807, 2.05) is 17.9 Å². The van der Waals surface area contributed by atoms with E-state index in [-0.39, 0.29) is 11.9 Å². The molecule has 1 fully saturated rings. The quantitative estimate of drug-likeness (QED) is 0.688. The third-order valence-electron chi connectivity index (χ3n) is 4.04. The van der Waals surface area contributed by atoms with Gasteiger partial charge in [0, 0.05) is 25.0 Å². The Bertz CT molecular complexity index is 887. The number of amides is 1. The molecule has 1 amide bonds. The van der Waals surface area contributed by atoms with E-state index in [1.54, 1.807) is 23.1 Å². The fourth-order valence-corrected chi connectivity index (χ4v) is 3.30. The van der Waals surface area contributed by atoms with Crippen LogP contribution < -0.4 is 0 Å². The van der Waals surface area contributed by atoms with Crippen molar-refractivity contribution in [2.24, 2.45) is 0 Å². The van der Waals surface area contributed by atoms with Gasteiger partial charge in [-0.3, -0.25) is 4.79 Å². The number of carbonyl (C=O) groups excluding carboxylic acids is 1. The number of aryl methyl sites for hydroxylation is 1. The molecule has 4 heterocycles. The predicted molar refractivity (Wildman–Crippen MR) is 84.9 cm³/mol. The first-order valence-electron chi connectivity index (χ1n) is 7.36. The molecule has 0 bridgehead atoms. The second kappa shape index (κ2) is 5.45. The second-order valence-corrected chi connectivity index (χ2v) is 6.54. The number of carbonyl (C=O) groups is 1. The molecule has 1 atom stereocenters. The van der Waals surface area contributed by atoms with Gasteiger partial charge >= 0.3 is 0 Å². The van der Waals surface area contributed by atoms with Crippen LogP contribution in [0, 0.1) is 6.92 Å². The van der Waals surface area contributed by atoms with Crippen molar-refractivity contribution in [2.75, 3.05) is 6.54 Å². The molecule has 4 rings (SSSR count). The van der Waals surface area contributed by atoms with E-state index in [1.165, 1.54) is 0 Å². The summed E-state index contributed by atoms with van der Waals surface area (Å²) in [6.07, 6.45) is 6.82. The van der Waals surface area contributed by atoms with Crippen molar-refractivity contribution in [3.63, 3.8) is 0 Å². The maximum absolute atomic E-state index is 13.0. The van der Waals surface area contributed by atoms with Crippen LogP contribution in [0.15, 0.2) is 33.7 Å². The highest BCUT2D eigenvalue weighted by Gasteiger charge is 2.34. The molecule has 0 radical (unpaired) electrons. The number of hydrogen-bond acceptors (Lipinski definition) is 5. The molecular weight excluding hydrogens is 362 g/mol. The van der Waals surface area contributed by atoms with E-state index in [0.29, 0.717) is 17.8 Å². The van der Waals surface area contributed by atoms with Crippen molar-refractivity contribution in [1.82, 2.24) is 24.7 Å². The Balaban J connectivity index is 1.69. The lowest BCUT2D eigenvalue weighted by atomic mass is 10.1. The number of likely N-dealkylation sites (tertiary alicyclic amines) is 1. The molecule has 23 heavy (non-hydrogen) atoms. The molecule has 118 valence electrons. The molecule has 3 aromatic heterocycles. The highest BCUT2D eigenvalue weighted by Crippen LogP contribution is 2.33. The highest BCUT2D eigenvalue weighted by atomic mass is 79.9. The Labute approximate surface area is 140 Å². The molecule has 1 saturated heterocycles. The van der Waals surface area contributed by atoms with Crippen LogP contribution in [0.4, 0.5) is 0 Å². The third kappa shape index (κ3) is 2.42. The van der Waals surface area contributed by atoms with Crippen LogP contribution >= 0.6 is 15.9 Å². The fraction of sp³-hybridized carbons (Fsp3) is 0.333. The summed E-state index contributed by atoms with van der Waals surface area (Å²) in [5.74, 6) is 0.659. The number of halogens is 1. The first-order valence-corrected chi connectivity index (χ1v) is 8.16. The van der Waals surface area contributed by atoms with Crippen LogP contribution in [0.25, 0.3) is 5.65 Å². The van der Waals surface area contributed by atoms with Crippen LogP contribution in [-0.2, 0) is 0 Å². The molecule has 3 aromatic rings. The molecular formula is C15H14BrN5O2. The summed E-state index contributed by atoms with van der Waals surface area (Å²) in [7, 11) is 0. The maximum atomic E-state index is 13.0. The largest absolute Gasteiger partial charge is 0.359 e. The average Bonchev–Trinajstić information content (AvgIpc) is 3.23. The van der Waals surface area contributed by atoms with E-state index in [4.69, 9.17) is 4.52 Å². The first-order chi connectivity index (χ1) is 11.1. The van der Waals surface area contributed by atoms with Gasteiger partial charge in [-0.2, -0.15) is 5.10 Å². The Morgan fingerprint density at radius 3 is 3.09 bits per heavy atom. The summed E-state index contributed by atoms with van der Waals surface area (Å²) in [6.45, 7) is 2.57. The molecule has 8 heteroatoms. The molecule has 0 saturated carbocycles. The van der Waals surface area contributed by atoms with Crippen LogP contribution in [0.3, 0.4) is 0 Å². The van der Waals surface area contributed by atoms with E-state index < -0.39 is 0 Å². The minimum absolute atomic E-state index is 0.0749. The van der Waals surface area contributed by atoms with Crippen LogP contribution in [0.2, 0.25) is 0 Å². The number of aromatic nitrogens is 4. The van der Waals surface area contributed by atoms with Crippen LogP contribution in [0.1, 0.15) is 40.7 Å². The van der Waals surface area contributed by atoms with Crippen molar-refractivity contribution in [1.29, 1.82) is 0 Å². The zero-order chi connectivity index (χ0) is 16.0. The van der Waals surface area contributed by atoms with Gasteiger partial charge in [0.05, 0.1) is 22.4 Å². The molecule has 1 aliphatic rings. The van der Waals surface area contributed by atoms with E-state index in [0.717, 1.165) is 28.8 Å². The Morgan fingerprint density at radius 2 is 2.30 bits per heavy atom. The predicted octanol–water partition coefficient (Wildman–Crippen LogP) is 2.77. The van der Waals surface area contributed by atoms with Gasteiger partial charge in [-0.05, 0) is 35.7 Å². The minimum Gasteiger partial charge on any atom is -0.359 e. The van der Waals surface area contributed by atoms with Gasteiger partial charge < -0.3 is 9.42 Å². The minimum atomic E-state index is -0.0774. The van der Waals surface area contributed by atoms with Gasteiger partial charge in [0.1, 0.15) is 5.56 Å². The maximum Gasteiger partial charge on any atom is 0.259 e. The van der Waals surface area contributed by atoms with Crippen molar-refractivity contribution in [2.45, 2.75) is 25.8 Å². The number of nitrogens with zero attached hydrogens (tertiary/aromatic N) is 5. The summed E-state index contributed by atoms with van der Waals surface area (Å²) in [5, 5.41) is 8.15. The van der Waals surface area contributed by atoms with Gasteiger partial charge in [-0.25, -0.2) is 9.50 Å². The monoisotopic (exact) mass is 375 g/mol. The van der Waals surface area contributed by atoms with E-state index in [2.05, 4.69) is 31.2 Å². The number of fused-ring (bicyclic) bond motifs is 1. The fourth-order valence-electron chi connectivity index (χ4n) is 3.00. The van der Waals surface area contributed by atoms with Gasteiger partial charge in [0.25, 0.3) is 5.91 Å². The lowest BCUT2D eigenvalue weighted by Gasteiger charge is -2.22. The SMILES string of the molecule is Cc1cc([C@H]2CCCN2C(=O)c2cnn3cc(Br)cnc23)on1. The topological polar surface area (TPSA) is 76.5 Å². The lowest BCUT2D eigenvalue weighted by molar-refractivity contribution is 0.0716. The molecule has 1 aliphatic heterocycles. The first kappa shape index (κ1) is 14.4. The Hall–Kier alpha value is -2.22. The van der Waals surface area contributed by atoms with Gasteiger partial charge in [0.15, 0.2) is 11.4 Å². The van der Waals surface area contributed by atoms with E-state index >= 15 is 0 Å². The summed E-state index contributed by atoms with van der Waals surface area (Å²) in [6, 6.07) is 1.82. The summed E-state index contributed by atoms with van der Waals surface area (Å²) in [5.41, 5.74) is 1.88. The standard InChI is InChI=1S/C15H14BrN5O2/c1-9-5-13(23-19-9)12-3-2-4-20(12)15(22)11-7-18-21-8-10(16)6-17-14(11)21/h5-8,12H,2-4H2,1H3/t12-/m1/s1. The number of rotatable bonds is 2. The van der Waals surface area contributed by atoms with Crippen molar-refractivity contribution in [3.8, 4) is 0 Å². The highest BCUT2D eigenvalue weighted by molar-refractivity contribution is 9.10. The molecule has 7 nitrogen and oxygen atoms in total. The van der Waals surface area contributed by atoms with Crippen LogP contribution in [0.5, 0.6) is 0 Å². The zero-order valence-corrected chi connectivity index (χ0v) is 14.0. The average molecular weight is 376 g/mol. The molecule has 0 aromatic carbocycles. The van der Waals surface area contributed by atoms with Gasteiger partial charge in [0.2, 0.25) is 0 Å². The van der Waals surface area contributed by atoms with Crippen LogP contribution in [-0.4, -0.2) is 37.1 Å². The number of hydrogen-bond donors (Lipinski definition) is 0. The van der Waals surface area contributed by atoms with Crippen molar-refractivity contribution < 1.29 is 9.32 Å².